The van der Waals surface area contributed by atoms with Gasteiger partial charge < -0.3 is 5.32 Å². The van der Waals surface area contributed by atoms with Gasteiger partial charge in [-0.15, -0.1) is 0 Å². The van der Waals surface area contributed by atoms with Gasteiger partial charge >= 0.3 is 0 Å². The van der Waals surface area contributed by atoms with Gasteiger partial charge in [0.05, 0.1) is 6.20 Å². The molecular formula is C15H28N4. The molecule has 1 N–H and O–H groups in total. The lowest BCUT2D eigenvalue weighted by atomic mass is 9.98. The molecule has 4 heteroatoms. The van der Waals surface area contributed by atoms with Crippen molar-refractivity contribution in [3.8, 4) is 0 Å². The smallest absolute Gasteiger partial charge is 0.0537 e. The van der Waals surface area contributed by atoms with E-state index in [0.717, 1.165) is 6.54 Å². The lowest BCUT2D eigenvalue weighted by molar-refractivity contribution is 0.0960. The van der Waals surface area contributed by atoms with Crippen molar-refractivity contribution >= 4 is 0 Å². The third-order valence-electron chi connectivity index (χ3n) is 4.36. The predicted molar refractivity (Wildman–Crippen MR) is 79.1 cm³/mol. The fourth-order valence-corrected chi connectivity index (χ4v) is 2.73. The van der Waals surface area contributed by atoms with E-state index in [9.17, 15) is 0 Å². The van der Waals surface area contributed by atoms with Gasteiger partial charge in [-0.3, -0.25) is 9.58 Å². The Kier molecular flexibility index (Phi) is 4.31. The predicted octanol–water partition coefficient (Wildman–Crippen LogP) is 2.08. The number of aromatic nitrogens is 2. The van der Waals surface area contributed by atoms with Gasteiger partial charge in [-0.1, -0.05) is 0 Å². The Balaban J connectivity index is 1.79. The van der Waals surface area contributed by atoms with Crippen molar-refractivity contribution in [3.63, 3.8) is 0 Å². The maximum Gasteiger partial charge on any atom is 0.0537 e. The van der Waals surface area contributed by atoms with E-state index in [-0.39, 0.29) is 0 Å². The van der Waals surface area contributed by atoms with Crippen molar-refractivity contribution in [1.29, 1.82) is 0 Å². The Morgan fingerprint density at radius 2 is 1.95 bits per heavy atom. The van der Waals surface area contributed by atoms with Gasteiger partial charge in [0, 0.05) is 49.5 Å². The third-order valence-corrected chi connectivity index (χ3v) is 4.36. The summed E-state index contributed by atoms with van der Waals surface area (Å²) in [6, 6.07) is 0.651. The summed E-state index contributed by atoms with van der Waals surface area (Å²) in [7, 11) is 2.00. The van der Waals surface area contributed by atoms with Crippen molar-refractivity contribution in [1.82, 2.24) is 20.0 Å². The second kappa shape index (κ2) is 5.63. The molecule has 0 bridgehead atoms. The number of nitrogens with one attached hydrogen (secondary N) is 1. The molecule has 0 radical (unpaired) electrons. The average Bonchev–Trinajstić information content (AvgIpc) is 2.67. The molecule has 2 rings (SSSR count). The van der Waals surface area contributed by atoms with Crippen LogP contribution in [0, 0.1) is 6.92 Å². The zero-order valence-electron chi connectivity index (χ0n) is 13.0. The highest BCUT2D eigenvalue weighted by atomic mass is 15.3. The minimum atomic E-state index is 0.310. The lowest BCUT2D eigenvalue weighted by Crippen LogP contribution is -2.49. The fourth-order valence-electron chi connectivity index (χ4n) is 2.73. The van der Waals surface area contributed by atoms with Gasteiger partial charge in [0.2, 0.25) is 0 Å². The maximum atomic E-state index is 4.29. The molecule has 0 spiro atoms. The van der Waals surface area contributed by atoms with Crippen LogP contribution in [0.5, 0.6) is 0 Å². The molecule has 0 amide bonds. The first-order valence-corrected chi connectivity index (χ1v) is 7.34. The largest absolute Gasteiger partial charge is 0.310 e. The lowest BCUT2D eigenvalue weighted by Gasteiger charge is -2.41. The Labute approximate surface area is 117 Å². The summed E-state index contributed by atoms with van der Waals surface area (Å²) in [6.07, 6.45) is 4.47. The Hall–Kier alpha value is -0.870. The zero-order valence-corrected chi connectivity index (χ0v) is 13.0. The number of nitrogens with zero attached hydrogens (tertiary/aromatic N) is 3. The summed E-state index contributed by atoms with van der Waals surface area (Å²) in [6.45, 7) is 12.4. The number of piperidine rings is 1. The SMILES string of the molecule is Cc1c(CNC2CCN(C(C)(C)C)CC2)cnn1C. The van der Waals surface area contributed by atoms with E-state index in [1.807, 2.05) is 17.9 Å². The maximum absolute atomic E-state index is 4.29. The molecule has 0 atom stereocenters. The highest BCUT2D eigenvalue weighted by molar-refractivity contribution is 5.15. The molecule has 1 aliphatic heterocycles. The first kappa shape index (κ1) is 14.5. The van der Waals surface area contributed by atoms with E-state index in [0.29, 0.717) is 11.6 Å². The summed E-state index contributed by atoms with van der Waals surface area (Å²) in [5, 5.41) is 7.98. The number of hydrogen-bond donors (Lipinski definition) is 1. The number of rotatable bonds is 3. The molecule has 0 aliphatic carbocycles. The first-order chi connectivity index (χ1) is 8.88. The van der Waals surface area contributed by atoms with Gasteiger partial charge in [-0.2, -0.15) is 5.10 Å². The van der Waals surface area contributed by atoms with E-state index in [1.54, 1.807) is 0 Å². The van der Waals surface area contributed by atoms with Crippen LogP contribution in [-0.4, -0.2) is 39.4 Å². The van der Waals surface area contributed by atoms with Crippen molar-refractivity contribution in [2.75, 3.05) is 13.1 Å². The molecule has 0 unspecified atom stereocenters. The van der Waals surface area contributed by atoms with E-state index >= 15 is 0 Å². The number of hydrogen-bond acceptors (Lipinski definition) is 3. The molecule has 2 heterocycles. The molecular weight excluding hydrogens is 236 g/mol. The second-order valence-corrected chi connectivity index (χ2v) is 6.69. The van der Waals surface area contributed by atoms with E-state index in [2.05, 4.69) is 43.0 Å². The van der Waals surface area contributed by atoms with Crippen molar-refractivity contribution in [2.24, 2.45) is 7.05 Å². The number of likely N-dealkylation sites (tertiary alicyclic amines) is 1. The molecule has 19 heavy (non-hydrogen) atoms. The van der Waals surface area contributed by atoms with Crippen molar-refractivity contribution in [3.05, 3.63) is 17.5 Å². The molecule has 1 aromatic rings. The van der Waals surface area contributed by atoms with Crippen molar-refractivity contribution in [2.45, 2.75) is 58.7 Å². The average molecular weight is 264 g/mol. The molecule has 108 valence electrons. The zero-order chi connectivity index (χ0) is 14.0. The summed E-state index contributed by atoms with van der Waals surface area (Å²) in [5.41, 5.74) is 2.89. The molecule has 1 saturated heterocycles. The molecule has 4 nitrogen and oxygen atoms in total. The van der Waals surface area contributed by atoms with Gasteiger partial charge in [0.25, 0.3) is 0 Å². The van der Waals surface area contributed by atoms with Gasteiger partial charge in [-0.05, 0) is 40.5 Å². The van der Waals surface area contributed by atoms with Crippen molar-refractivity contribution < 1.29 is 0 Å². The van der Waals surface area contributed by atoms with Crippen LogP contribution < -0.4 is 5.32 Å². The Morgan fingerprint density at radius 1 is 1.32 bits per heavy atom. The molecule has 1 fully saturated rings. The number of aryl methyl sites for hydroxylation is 1. The highest BCUT2D eigenvalue weighted by Crippen LogP contribution is 2.20. The monoisotopic (exact) mass is 264 g/mol. The van der Waals surface area contributed by atoms with Crippen LogP contribution in [0.25, 0.3) is 0 Å². The van der Waals surface area contributed by atoms with Crippen LogP contribution in [0.15, 0.2) is 6.20 Å². The molecule has 1 aliphatic rings. The van der Waals surface area contributed by atoms with Crippen LogP contribution in [0.2, 0.25) is 0 Å². The van der Waals surface area contributed by atoms with Crippen LogP contribution in [0.1, 0.15) is 44.9 Å². The van der Waals surface area contributed by atoms with Crippen LogP contribution >= 0.6 is 0 Å². The summed E-state index contributed by atoms with van der Waals surface area (Å²) < 4.78 is 1.94. The molecule has 0 saturated carbocycles. The normalized spacial score (nSPS) is 19.0. The topological polar surface area (TPSA) is 33.1 Å². The highest BCUT2D eigenvalue weighted by Gasteiger charge is 2.26. The van der Waals surface area contributed by atoms with Gasteiger partial charge in [0.1, 0.15) is 0 Å². The first-order valence-electron chi connectivity index (χ1n) is 7.34. The van der Waals surface area contributed by atoms with E-state index < -0.39 is 0 Å². The van der Waals surface area contributed by atoms with Crippen LogP contribution in [0.4, 0.5) is 0 Å². The third kappa shape index (κ3) is 3.57. The Bertz CT molecular complexity index is 408. The summed E-state index contributed by atoms with van der Waals surface area (Å²) in [5.74, 6) is 0. The van der Waals surface area contributed by atoms with E-state index in [4.69, 9.17) is 0 Å². The van der Waals surface area contributed by atoms with E-state index in [1.165, 1.54) is 37.2 Å². The fraction of sp³-hybridized carbons (Fsp3) is 0.800. The van der Waals surface area contributed by atoms with Crippen LogP contribution in [-0.2, 0) is 13.6 Å². The van der Waals surface area contributed by atoms with Crippen LogP contribution in [0.3, 0.4) is 0 Å². The quantitative estimate of drug-likeness (QED) is 0.907. The minimum Gasteiger partial charge on any atom is -0.310 e. The summed E-state index contributed by atoms with van der Waals surface area (Å²) >= 11 is 0. The molecule has 1 aromatic heterocycles. The van der Waals surface area contributed by atoms with Gasteiger partial charge in [-0.25, -0.2) is 0 Å². The second-order valence-electron chi connectivity index (χ2n) is 6.69. The standard InChI is InChI=1S/C15H28N4/c1-12-13(11-17-18(12)5)10-16-14-6-8-19(9-7-14)15(2,3)4/h11,14,16H,6-10H2,1-5H3. The summed E-state index contributed by atoms with van der Waals surface area (Å²) in [4.78, 5) is 2.58. The van der Waals surface area contributed by atoms with Gasteiger partial charge in [0.15, 0.2) is 0 Å². The minimum absolute atomic E-state index is 0.310. The molecule has 0 aromatic carbocycles. The Morgan fingerprint density at radius 3 is 2.42 bits per heavy atom.